The number of amides is 1. The van der Waals surface area contributed by atoms with Crippen molar-refractivity contribution in [3.8, 4) is 5.75 Å². The second-order valence-corrected chi connectivity index (χ2v) is 9.64. The van der Waals surface area contributed by atoms with Gasteiger partial charge < -0.3 is 9.64 Å². The average Bonchev–Trinajstić information content (AvgIpc) is 3.13. The van der Waals surface area contributed by atoms with E-state index in [2.05, 4.69) is 6.58 Å². The normalized spacial score (nSPS) is 15.5. The Hall–Kier alpha value is -2.16. The van der Waals surface area contributed by atoms with Gasteiger partial charge >= 0.3 is 0 Å². The van der Waals surface area contributed by atoms with Crippen molar-refractivity contribution in [1.29, 1.82) is 0 Å². The Morgan fingerprint density at radius 3 is 2.37 bits per heavy atom. The molecule has 27 heavy (non-hydrogen) atoms. The van der Waals surface area contributed by atoms with E-state index in [1.165, 1.54) is 15.6 Å². The number of nitrogens with zero attached hydrogens (tertiary/aromatic N) is 2. The maximum atomic E-state index is 12.7. The summed E-state index contributed by atoms with van der Waals surface area (Å²) >= 11 is 1.27. The van der Waals surface area contributed by atoms with Crippen molar-refractivity contribution in [2.45, 2.75) is 11.1 Å². The highest BCUT2D eigenvalue weighted by Gasteiger charge is 2.31. The zero-order valence-corrected chi connectivity index (χ0v) is 16.8. The molecule has 0 spiro atoms. The molecule has 1 aromatic carbocycles. The van der Waals surface area contributed by atoms with Gasteiger partial charge in [-0.1, -0.05) is 12.7 Å². The van der Waals surface area contributed by atoms with E-state index in [1.807, 2.05) is 6.92 Å². The number of carbonyl (C=O) groups is 1. The first-order valence-electron chi connectivity index (χ1n) is 8.61. The van der Waals surface area contributed by atoms with Gasteiger partial charge in [-0.25, -0.2) is 8.42 Å². The summed E-state index contributed by atoms with van der Waals surface area (Å²) in [6.07, 6.45) is 1.66. The molecule has 2 heterocycles. The summed E-state index contributed by atoms with van der Waals surface area (Å²) in [6.45, 7) is 7.23. The highest BCUT2D eigenvalue weighted by atomic mass is 32.2. The summed E-state index contributed by atoms with van der Waals surface area (Å²) in [5, 5.41) is 0. The van der Waals surface area contributed by atoms with Crippen LogP contribution in [0, 0.1) is 6.92 Å². The van der Waals surface area contributed by atoms with Crippen molar-refractivity contribution < 1.29 is 17.9 Å². The number of piperazine rings is 1. The van der Waals surface area contributed by atoms with Gasteiger partial charge in [-0.3, -0.25) is 4.79 Å². The Bertz CT molecular complexity index is 911. The third-order valence-electron chi connectivity index (χ3n) is 4.30. The molecule has 8 heteroatoms. The molecule has 0 aliphatic carbocycles. The molecule has 0 saturated carbocycles. The molecule has 1 aliphatic heterocycles. The van der Waals surface area contributed by atoms with Crippen LogP contribution in [0.25, 0.3) is 0 Å². The van der Waals surface area contributed by atoms with Crippen LogP contribution in [0.1, 0.15) is 15.2 Å². The van der Waals surface area contributed by atoms with E-state index in [4.69, 9.17) is 4.74 Å². The van der Waals surface area contributed by atoms with Crippen molar-refractivity contribution in [3.05, 3.63) is 59.5 Å². The van der Waals surface area contributed by atoms with Crippen LogP contribution in [0.15, 0.2) is 53.3 Å². The fraction of sp³-hybridized carbons (Fsp3) is 0.316. The van der Waals surface area contributed by atoms with E-state index in [9.17, 15) is 13.2 Å². The van der Waals surface area contributed by atoms with E-state index in [0.717, 1.165) is 4.88 Å². The largest absolute Gasteiger partial charge is 0.490 e. The van der Waals surface area contributed by atoms with Crippen LogP contribution in [0.5, 0.6) is 5.75 Å². The van der Waals surface area contributed by atoms with Gasteiger partial charge in [-0.2, -0.15) is 4.31 Å². The highest BCUT2D eigenvalue weighted by molar-refractivity contribution is 7.91. The highest BCUT2D eigenvalue weighted by Crippen LogP contribution is 2.25. The number of thiophene rings is 1. The molecule has 6 nitrogen and oxygen atoms in total. The molecule has 1 saturated heterocycles. The minimum atomic E-state index is -3.48. The van der Waals surface area contributed by atoms with Gasteiger partial charge in [0.05, 0.1) is 0 Å². The lowest BCUT2D eigenvalue weighted by molar-refractivity contribution is 0.0698. The molecule has 1 aliphatic rings. The van der Waals surface area contributed by atoms with Crippen LogP contribution in [-0.4, -0.2) is 56.3 Å². The molecule has 0 N–H and O–H groups in total. The van der Waals surface area contributed by atoms with Crippen LogP contribution in [-0.2, 0) is 10.0 Å². The van der Waals surface area contributed by atoms with Crippen LogP contribution >= 0.6 is 11.3 Å². The van der Waals surface area contributed by atoms with Crippen LogP contribution in [0.3, 0.4) is 0 Å². The molecular formula is C19H22N2O4S2. The Kier molecular flexibility index (Phi) is 5.98. The Labute approximate surface area is 163 Å². The van der Waals surface area contributed by atoms with Gasteiger partial charge in [0.2, 0.25) is 0 Å². The fourth-order valence-electron chi connectivity index (χ4n) is 2.84. The quantitative estimate of drug-likeness (QED) is 0.692. The van der Waals surface area contributed by atoms with Crippen LogP contribution in [0.2, 0.25) is 0 Å². The Balaban J connectivity index is 1.61. The predicted molar refractivity (Wildman–Crippen MR) is 106 cm³/mol. The topological polar surface area (TPSA) is 66.9 Å². The maximum absolute atomic E-state index is 12.7. The number of hydrogen-bond donors (Lipinski definition) is 0. The number of benzene rings is 1. The monoisotopic (exact) mass is 406 g/mol. The third kappa shape index (κ3) is 4.40. The smallest absolute Gasteiger partial charge is 0.253 e. The zero-order chi connectivity index (χ0) is 19.4. The zero-order valence-electron chi connectivity index (χ0n) is 15.1. The lowest BCUT2D eigenvalue weighted by Crippen LogP contribution is -2.50. The van der Waals surface area contributed by atoms with Crippen molar-refractivity contribution in [3.63, 3.8) is 0 Å². The maximum Gasteiger partial charge on any atom is 0.253 e. The summed E-state index contributed by atoms with van der Waals surface area (Å²) in [5.74, 6) is 0.572. The van der Waals surface area contributed by atoms with Crippen molar-refractivity contribution >= 4 is 27.3 Å². The summed E-state index contributed by atoms with van der Waals surface area (Å²) in [4.78, 5) is 15.3. The van der Waals surface area contributed by atoms with E-state index in [-0.39, 0.29) is 5.91 Å². The number of carbonyl (C=O) groups excluding carboxylic acids is 1. The lowest BCUT2D eigenvalue weighted by atomic mass is 10.2. The second kappa shape index (κ2) is 8.24. The van der Waals surface area contributed by atoms with Crippen LogP contribution in [0.4, 0.5) is 0 Å². The Morgan fingerprint density at radius 2 is 1.81 bits per heavy atom. The first-order valence-corrected chi connectivity index (χ1v) is 10.9. The number of ether oxygens (including phenoxy) is 1. The molecule has 2 aromatic rings. The van der Waals surface area contributed by atoms with Crippen LogP contribution < -0.4 is 4.74 Å². The number of rotatable bonds is 6. The molecule has 1 fully saturated rings. The summed E-state index contributed by atoms with van der Waals surface area (Å²) in [5.41, 5.74) is 0.561. The summed E-state index contributed by atoms with van der Waals surface area (Å²) in [7, 11) is -3.48. The predicted octanol–water partition coefficient (Wildman–Crippen LogP) is 2.77. The lowest BCUT2D eigenvalue weighted by Gasteiger charge is -2.33. The van der Waals surface area contributed by atoms with Gasteiger partial charge in [-0.15, -0.1) is 11.3 Å². The molecule has 0 bridgehead atoms. The number of sulfonamides is 1. The third-order valence-corrected chi connectivity index (χ3v) is 7.67. The standard InChI is InChI=1S/C19H22N2O4S2/c1-3-14-25-17-7-5-16(6-8-17)19(22)20-10-12-21(13-11-20)27(23,24)18-9-4-15(2)26-18/h3-9H,1,10-14H2,2H3. The Morgan fingerprint density at radius 1 is 1.15 bits per heavy atom. The molecule has 0 atom stereocenters. The first-order chi connectivity index (χ1) is 12.9. The van der Waals surface area contributed by atoms with Gasteiger partial charge in [0.15, 0.2) is 0 Å². The van der Waals surface area contributed by atoms with E-state index in [1.54, 1.807) is 47.4 Å². The van der Waals surface area contributed by atoms with Crippen molar-refractivity contribution in [2.24, 2.45) is 0 Å². The summed E-state index contributed by atoms with van der Waals surface area (Å²) in [6, 6.07) is 10.4. The molecule has 3 rings (SSSR count). The second-order valence-electron chi connectivity index (χ2n) is 6.19. The minimum Gasteiger partial charge on any atom is -0.490 e. The van der Waals surface area contributed by atoms with E-state index in [0.29, 0.717) is 48.3 Å². The minimum absolute atomic E-state index is 0.103. The first kappa shape index (κ1) is 19.6. The number of aryl methyl sites for hydroxylation is 1. The molecule has 1 amide bonds. The fourth-order valence-corrected chi connectivity index (χ4v) is 5.70. The van der Waals surface area contributed by atoms with Gasteiger partial charge in [0, 0.05) is 36.6 Å². The molecule has 0 unspecified atom stereocenters. The average molecular weight is 407 g/mol. The molecule has 0 radical (unpaired) electrons. The molecule has 1 aromatic heterocycles. The molecular weight excluding hydrogens is 384 g/mol. The van der Waals surface area contributed by atoms with Crippen molar-refractivity contribution in [2.75, 3.05) is 32.8 Å². The van der Waals surface area contributed by atoms with Gasteiger partial charge in [0.25, 0.3) is 15.9 Å². The van der Waals surface area contributed by atoms with E-state index < -0.39 is 10.0 Å². The van der Waals surface area contributed by atoms with E-state index >= 15 is 0 Å². The van der Waals surface area contributed by atoms with Gasteiger partial charge in [0.1, 0.15) is 16.6 Å². The van der Waals surface area contributed by atoms with Gasteiger partial charge in [-0.05, 0) is 43.3 Å². The molecule has 144 valence electrons. The van der Waals surface area contributed by atoms with Crippen molar-refractivity contribution in [1.82, 2.24) is 9.21 Å². The number of hydrogen-bond acceptors (Lipinski definition) is 5. The SMILES string of the molecule is C=CCOc1ccc(C(=O)N2CCN(S(=O)(=O)c3ccc(C)s3)CC2)cc1. The summed E-state index contributed by atoms with van der Waals surface area (Å²) < 4.78 is 32.6.